The Hall–Kier alpha value is -2.74. The van der Waals surface area contributed by atoms with Gasteiger partial charge in [-0.2, -0.15) is 0 Å². The number of nitrogens with zero attached hydrogens (tertiary/aromatic N) is 1. The van der Waals surface area contributed by atoms with Crippen LogP contribution in [0.2, 0.25) is 10.0 Å². The first-order chi connectivity index (χ1) is 14.8. The minimum Gasteiger partial charge on any atom is -0.476 e. The standard InChI is InChI=1S/C22H18Cl2N2O4S/c1-14-6-9-16(10-7-14)31(28,29)26-13-21(30-20-5-3-2-4-19(20)26)22(27)25-18-12-15(23)8-11-17(18)24/h2-12,21H,13H2,1H3,(H,25,27). The third-order valence-electron chi connectivity index (χ3n) is 4.82. The molecular weight excluding hydrogens is 459 g/mol. The number of ether oxygens (including phenoxy) is 1. The van der Waals surface area contributed by atoms with Gasteiger partial charge in [0.05, 0.1) is 27.8 Å². The summed E-state index contributed by atoms with van der Waals surface area (Å²) in [5, 5.41) is 3.37. The van der Waals surface area contributed by atoms with Crippen LogP contribution in [0.1, 0.15) is 5.56 Å². The lowest BCUT2D eigenvalue weighted by Crippen LogP contribution is -2.48. The van der Waals surface area contributed by atoms with E-state index >= 15 is 0 Å². The smallest absolute Gasteiger partial charge is 0.267 e. The Balaban J connectivity index is 1.68. The summed E-state index contributed by atoms with van der Waals surface area (Å²) >= 11 is 12.1. The predicted molar refractivity (Wildman–Crippen MR) is 122 cm³/mol. The van der Waals surface area contributed by atoms with Crippen molar-refractivity contribution in [2.75, 3.05) is 16.2 Å². The van der Waals surface area contributed by atoms with Gasteiger partial charge in [0.1, 0.15) is 5.75 Å². The zero-order valence-electron chi connectivity index (χ0n) is 16.4. The fourth-order valence-corrected chi connectivity index (χ4v) is 5.02. The normalized spacial score (nSPS) is 15.7. The van der Waals surface area contributed by atoms with Gasteiger partial charge in [0, 0.05) is 5.02 Å². The van der Waals surface area contributed by atoms with Crippen molar-refractivity contribution in [3.63, 3.8) is 0 Å². The number of hydrogen-bond donors (Lipinski definition) is 1. The Morgan fingerprint density at radius 3 is 2.52 bits per heavy atom. The van der Waals surface area contributed by atoms with Crippen LogP contribution in [0, 0.1) is 6.92 Å². The zero-order valence-corrected chi connectivity index (χ0v) is 18.7. The van der Waals surface area contributed by atoms with E-state index in [-0.39, 0.29) is 11.4 Å². The maximum absolute atomic E-state index is 13.4. The van der Waals surface area contributed by atoms with E-state index in [1.807, 2.05) is 6.92 Å². The molecule has 4 rings (SSSR count). The van der Waals surface area contributed by atoms with Crippen LogP contribution >= 0.6 is 23.2 Å². The number of hydrogen-bond acceptors (Lipinski definition) is 4. The molecule has 0 bridgehead atoms. The molecule has 0 radical (unpaired) electrons. The quantitative estimate of drug-likeness (QED) is 0.580. The molecule has 6 nitrogen and oxygen atoms in total. The van der Waals surface area contributed by atoms with Crippen LogP contribution < -0.4 is 14.4 Å². The maximum Gasteiger partial charge on any atom is 0.267 e. The summed E-state index contributed by atoms with van der Waals surface area (Å²) in [5.41, 5.74) is 1.62. The number of anilines is 2. The van der Waals surface area contributed by atoms with Crippen LogP contribution in [-0.4, -0.2) is 27.0 Å². The second-order valence-electron chi connectivity index (χ2n) is 7.04. The summed E-state index contributed by atoms with van der Waals surface area (Å²) in [6, 6.07) is 17.9. The van der Waals surface area contributed by atoms with E-state index in [4.69, 9.17) is 27.9 Å². The summed E-state index contributed by atoms with van der Waals surface area (Å²) in [4.78, 5) is 13.1. The van der Waals surface area contributed by atoms with Crippen molar-refractivity contribution in [3.8, 4) is 5.75 Å². The zero-order chi connectivity index (χ0) is 22.2. The molecule has 3 aromatic rings. The Labute approximate surface area is 190 Å². The van der Waals surface area contributed by atoms with Crippen molar-refractivity contribution in [3.05, 3.63) is 82.3 Å². The average molecular weight is 477 g/mol. The molecule has 1 unspecified atom stereocenters. The highest BCUT2D eigenvalue weighted by Gasteiger charge is 2.37. The molecule has 0 aliphatic carbocycles. The number of carbonyl (C=O) groups is 1. The Morgan fingerprint density at radius 2 is 1.77 bits per heavy atom. The van der Waals surface area contributed by atoms with Gasteiger partial charge in [-0.25, -0.2) is 8.42 Å². The Kier molecular flexibility index (Phi) is 5.83. The van der Waals surface area contributed by atoms with E-state index in [2.05, 4.69) is 5.32 Å². The first-order valence-corrected chi connectivity index (χ1v) is 11.6. The molecule has 0 spiro atoms. The van der Waals surface area contributed by atoms with Crippen molar-refractivity contribution >= 4 is 50.5 Å². The van der Waals surface area contributed by atoms with Gasteiger partial charge in [0.25, 0.3) is 15.9 Å². The van der Waals surface area contributed by atoms with E-state index < -0.39 is 22.0 Å². The second kappa shape index (κ2) is 8.42. The summed E-state index contributed by atoms with van der Waals surface area (Å²) in [7, 11) is -3.92. The number of benzene rings is 3. The highest BCUT2D eigenvalue weighted by atomic mass is 35.5. The summed E-state index contributed by atoms with van der Waals surface area (Å²) in [5.74, 6) is -0.246. The third-order valence-corrected chi connectivity index (χ3v) is 7.18. The number of amides is 1. The number of fused-ring (bicyclic) bond motifs is 1. The van der Waals surface area contributed by atoms with Gasteiger partial charge in [0.15, 0.2) is 6.10 Å². The van der Waals surface area contributed by atoms with Gasteiger partial charge >= 0.3 is 0 Å². The molecule has 9 heteroatoms. The van der Waals surface area contributed by atoms with Crippen molar-refractivity contribution in [2.24, 2.45) is 0 Å². The number of nitrogens with one attached hydrogen (secondary N) is 1. The lowest BCUT2D eigenvalue weighted by atomic mass is 10.2. The minimum absolute atomic E-state index is 0.131. The van der Waals surface area contributed by atoms with E-state index in [0.717, 1.165) is 5.56 Å². The van der Waals surface area contributed by atoms with Crippen LogP contribution in [0.15, 0.2) is 71.6 Å². The van der Waals surface area contributed by atoms with Gasteiger partial charge in [-0.15, -0.1) is 0 Å². The molecule has 1 amide bonds. The van der Waals surface area contributed by atoms with E-state index in [9.17, 15) is 13.2 Å². The molecular formula is C22H18Cl2N2O4S. The third kappa shape index (κ3) is 4.35. The molecule has 1 heterocycles. The predicted octanol–water partition coefficient (Wildman–Crippen LogP) is 4.90. The van der Waals surface area contributed by atoms with Gasteiger partial charge in [-0.3, -0.25) is 9.10 Å². The molecule has 160 valence electrons. The summed E-state index contributed by atoms with van der Waals surface area (Å²) < 4.78 is 33.8. The Bertz CT molecular complexity index is 1250. The van der Waals surface area contributed by atoms with E-state index in [0.29, 0.717) is 27.2 Å². The van der Waals surface area contributed by atoms with Gasteiger partial charge in [-0.1, -0.05) is 53.0 Å². The van der Waals surface area contributed by atoms with Gasteiger partial charge < -0.3 is 10.1 Å². The number of sulfonamides is 1. The summed E-state index contributed by atoms with van der Waals surface area (Å²) in [6.07, 6.45) is -1.09. The summed E-state index contributed by atoms with van der Waals surface area (Å²) in [6.45, 7) is 1.68. The van der Waals surface area contributed by atoms with Crippen molar-refractivity contribution in [1.29, 1.82) is 0 Å². The number of para-hydroxylation sites is 2. The SMILES string of the molecule is Cc1ccc(S(=O)(=O)N2CC(C(=O)Nc3cc(Cl)ccc3Cl)Oc3ccccc32)cc1. The first kappa shape index (κ1) is 21.5. The highest BCUT2D eigenvalue weighted by molar-refractivity contribution is 7.92. The number of carbonyl (C=O) groups excluding carboxylic acids is 1. The first-order valence-electron chi connectivity index (χ1n) is 9.37. The van der Waals surface area contributed by atoms with Crippen molar-refractivity contribution in [1.82, 2.24) is 0 Å². The molecule has 0 aromatic heterocycles. The average Bonchev–Trinajstić information content (AvgIpc) is 2.75. The second-order valence-corrected chi connectivity index (χ2v) is 9.74. The van der Waals surface area contributed by atoms with Crippen LogP contribution in [0.4, 0.5) is 11.4 Å². The van der Waals surface area contributed by atoms with E-state index in [1.54, 1.807) is 60.7 Å². The minimum atomic E-state index is -3.92. The lowest BCUT2D eigenvalue weighted by molar-refractivity contribution is -0.122. The van der Waals surface area contributed by atoms with Crippen molar-refractivity contribution < 1.29 is 17.9 Å². The number of aryl methyl sites for hydroxylation is 1. The van der Waals surface area contributed by atoms with Crippen LogP contribution in [-0.2, 0) is 14.8 Å². The van der Waals surface area contributed by atoms with Crippen LogP contribution in [0.3, 0.4) is 0 Å². The number of halogens is 2. The lowest BCUT2D eigenvalue weighted by Gasteiger charge is -2.34. The van der Waals surface area contributed by atoms with Gasteiger partial charge in [-0.05, 0) is 49.4 Å². The van der Waals surface area contributed by atoms with E-state index in [1.165, 1.54) is 10.4 Å². The molecule has 3 aromatic carbocycles. The largest absolute Gasteiger partial charge is 0.476 e. The molecule has 0 saturated carbocycles. The van der Waals surface area contributed by atoms with Gasteiger partial charge in [0.2, 0.25) is 0 Å². The fraction of sp³-hybridized carbons (Fsp3) is 0.136. The molecule has 0 saturated heterocycles. The monoisotopic (exact) mass is 476 g/mol. The highest BCUT2D eigenvalue weighted by Crippen LogP contribution is 2.37. The molecule has 1 N–H and O–H groups in total. The molecule has 1 aliphatic heterocycles. The molecule has 1 atom stereocenters. The van der Waals surface area contributed by atoms with Crippen LogP contribution in [0.5, 0.6) is 5.75 Å². The Morgan fingerprint density at radius 1 is 1.06 bits per heavy atom. The molecule has 31 heavy (non-hydrogen) atoms. The number of rotatable bonds is 4. The van der Waals surface area contributed by atoms with Crippen LogP contribution in [0.25, 0.3) is 0 Å². The maximum atomic E-state index is 13.4. The fourth-order valence-electron chi connectivity index (χ4n) is 3.21. The topological polar surface area (TPSA) is 75.7 Å². The molecule has 1 aliphatic rings. The molecule has 0 fully saturated rings. The van der Waals surface area contributed by atoms with Crippen molar-refractivity contribution in [2.45, 2.75) is 17.9 Å².